The van der Waals surface area contributed by atoms with Gasteiger partial charge in [0.25, 0.3) is 0 Å². The van der Waals surface area contributed by atoms with Gasteiger partial charge in [0.2, 0.25) is 0 Å². The molecule has 0 N–H and O–H groups in total. The van der Waals surface area contributed by atoms with Crippen LogP contribution in [0.2, 0.25) is 0 Å². The van der Waals surface area contributed by atoms with Crippen molar-refractivity contribution < 1.29 is 4.79 Å². The maximum Gasteiger partial charge on any atom is 0.138 e. The molecule has 2 rings (SSSR count). The number of ketones is 1. The normalized spacial score (nSPS) is 13.0. The molecule has 142 valence electrons. The van der Waals surface area contributed by atoms with Crippen molar-refractivity contribution in [2.24, 2.45) is 5.41 Å². The molecular weight excluding hydrogens is 336 g/mol. The summed E-state index contributed by atoms with van der Waals surface area (Å²) in [4.78, 5) is 13.7. The van der Waals surface area contributed by atoms with Gasteiger partial charge >= 0.3 is 0 Å². The van der Waals surface area contributed by atoms with Crippen LogP contribution in [0.25, 0.3) is 0 Å². The maximum atomic E-state index is 12.2. The number of aryl methyl sites for hydroxylation is 4. The van der Waals surface area contributed by atoms with Crippen molar-refractivity contribution in [2.75, 3.05) is 0 Å². The van der Waals surface area contributed by atoms with Gasteiger partial charge < -0.3 is 0 Å². The summed E-state index contributed by atoms with van der Waals surface area (Å²) < 4.78 is 0. The Labute approximate surface area is 163 Å². The molecule has 0 aliphatic carbocycles. The summed E-state index contributed by atoms with van der Waals surface area (Å²) in [5.41, 5.74) is 5.20. The van der Waals surface area contributed by atoms with Crippen LogP contribution in [0.1, 0.15) is 80.0 Å². The quantitative estimate of drug-likeness (QED) is 0.487. The first-order chi connectivity index (χ1) is 12.2. The van der Waals surface area contributed by atoms with Crippen LogP contribution in [0.3, 0.4) is 0 Å². The molecule has 0 radical (unpaired) electrons. The van der Waals surface area contributed by atoms with Crippen molar-refractivity contribution in [3.63, 3.8) is 0 Å². The molecule has 0 bridgehead atoms. The number of hydrogen-bond donors (Lipinski definition) is 0. The van der Waals surface area contributed by atoms with E-state index in [0.717, 1.165) is 12.8 Å². The third-order valence-electron chi connectivity index (χ3n) is 5.29. The molecule has 2 heteroatoms. The minimum absolute atomic E-state index is 0.233. The second-order valence-corrected chi connectivity index (χ2v) is 9.55. The van der Waals surface area contributed by atoms with Crippen LogP contribution in [-0.2, 0) is 17.6 Å². The summed E-state index contributed by atoms with van der Waals surface area (Å²) in [6, 6.07) is 9.16. The Kier molecular flexibility index (Phi) is 7.23. The van der Waals surface area contributed by atoms with Gasteiger partial charge in [-0.3, -0.25) is 4.79 Å². The molecule has 1 nitrogen and oxygen atoms in total. The Morgan fingerprint density at radius 1 is 1.12 bits per heavy atom. The Hall–Kier alpha value is -1.41. The first-order valence-corrected chi connectivity index (χ1v) is 10.8. The van der Waals surface area contributed by atoms with Crippen molar-refractivity contribution in [1.29, 1.82) is 0 Å². The maximum absolute atomic E-state index is 12.2. The highest BCUT2D eigenvalue weighted by Crippen LogP contribution is 2.30. The molecule has 2 aromatic rings. The Morgan fingerprint density at radius 3 is 2.38 bits per heavy atom. The van der Waals surface area contributed by atoms with E-state index in [1.165, 1.54) is 40.0 Å². The zero-order chi connectivity index (χ0) is 19.3. The van der Waals surface area contributed by atoms with Crippen molar-refractivity contribution in [3.8, 4) is 0 Å². The topological polar surface area (TPSA) is 17.1 Å². The molecule has 1 heterocycles. The van der Waals surface area contributed by atoms with Gasteiger partial charge in [0.1, 0.15) is 5.78 Å². The Balaban J connectivity index is 1.95. The lowest BCUT2D eigenvalue weighted by Gasteiger charge is -2.17. The smallest absolute Gasteiger partial charge is 0.138 e. The third-order valence-corrected chi connectivity index (χ3v) is 6.51. The zero-order valence-electron chi connectivity index (χ0n) is 17.3. The van der Waals surface area contributed by atoms with Gasteiger partial charge in [0.05, 0.1) is 0 Å². The van der Waals surface area contributed by atoms with Gasteiger partial charge in [-0.05, 0) is 79.1 Å². The van der Waals surface area contributed by atoms with Crippen LogP contribution in [0.5, 0.6) is 0 Å². The van der Waals surface area contributed by atoms with E-state index in [0.29, 0.717) is 18.1 Å². The fourth-order valence-corrected chi connectivity index (χ4v) is 4.49. The predicted octanol–water partition coefficient (Wildman–Crippen LogP) is 7.04. The average molecular weight is 371 g/mol. The molecule has 0 saturated carbocycles. The van der Waals surface area contributed by atoms with E-state index in [-0.39, 0.29) is 5.41 Å². The fraction of sp³-hybridized carbons (Fsp3) is 0.542. The van der Waals surface area contributed by atoms with E-state index in [4.69, 9.17) is 0 Å². The van der Waals surface area contributed by atoms with E-state index >= 15 is 0 Å². The van der Waals surface area contributed by atoms with Crippen LogP contribution in [-0.4, -0.2) is 5.78 Å². The monoisotopic (exact) mass is 370 g/mol. The Bertz CT molecular complexity index is 733. The minimum atomic E-state index is -0.233. The van der Waals surface area contributed by atoms with Crippen molar-refractivity contribution in [2.45, 2.75) is 79.6 Å². The highest BCUT2D eigenvalue weighted by Gasteiger charge is 2.20. The molecular formula is C24H34OS. The number of carbonyl (C=O) groups is 1. The number of rotatable bonds is 8. The highest BCUT2D eigenvalue weighted by molar-refractivity contribution is 7.10. The molecule has 1 aromatic carbocycles. The standard InChI is InChI=1S/C24H34OS/c1-7-20(22-14-17(2)16-26-22)10-8-19-9-11-21(18(3)15-19)12-13-23(25)24(4,5)6/h9,11,14-16,20H,7-8,10,12-13H2,1-6H3. The van der Waals surface area contributed by atoms with E-state index in [2.05, 4.69) is 50.4 Å². The van der Waals surface area contributed by atoms with Gasteiger partial charge in [0.15, 0.2) is 0 Å². The molecule has 1 aromatic heterocycles. The van der Waals surface area contributed by atoms with Crippen LogP contribution in [0.15, 0.2) is 29.6 Å². The number of thiophene rings is 1. The number of benzene rings is 1. The van der Waals surface area contributed by atoms with E-state index in [9.17, 15) is 4.79 Å². The zero-order valence-corrected chi connectivity index (χ0v) is 18.1. The summed E-state index contributed by atoms with van der Waals surface area (Å²) in [5, 5.41) is 2.26. The van der Waals surface area contributed by atoms with E-state index in [1.807, 2.05) is 32.1 Å². The lowest BCUT2D eigenvalue weighted by molar-refractivity contribution is -0.126. The van der Waals surface area contributed by atoms with Gasteiger partial charge in [-0.15, -0.1) is 11.3 Å². The van der Waals surface area contributed by atoms with Gasteiger partial charge in [-0.2, -0.15) is 0 Å². The first kappa shape index (κ1) is 20.9. The lowest BCUT2D eigenvalue weighted by Crippen LogP contribution is -2.20. The summed E-state index contributed by atoms with van der Waals surface area (Å²) >= 11 is 1.90. The molecule has 26 heavy (non-hydrogen) atoms. The molecule has 1 atom stereocenters. The molecule has 0 fully saturated rings. The molecule has 0 amide bonds. The molecule has 0 saturated heterocycles. The lowest BCUT2D eigenvalue weighted by atomic mass is 9.86. The number of Topliss-reactive ketones (excluding diaryl/α,β-unsaturated/α-hetero) is 1. The molecule has 0 spiro atoms. The van der Waals surface area contributed by atoms with Crippen molar-refractivity contribution in [3.05, 3.63) is 56.8 Å². The van der Waals surface area contributed by atoms with Crippen LogP contribution >= 0.6 is 11.3 Å². The summed E-state index contributed by atoms with van der Waals surface area (Å²) in [6.45, 7) is 12.7. The third kappa shape index (κ3) is 5.81. The van der Waals surface area contributed by atoms with Gasteiger partial charge in [-0.25, -0.2) is 0 Å². The second-order valence-electron chi connectivity index (χ2n) is 8.60. The number of carbonyl (C=O) groups excluding carboxylic acids is 1. The first-order valence-electron chi connectivity index (χ1n) is 9.87. The van der Waals surface area contributed by atoms with E-state index in [1.54, 1.807) is 0 Å². The van der Waals surface area contributed by atoms with Crippen LogP contribution < -0.4 is 0 Å². The summed E-state index contributed by atoms with van der Waals surface area (Å²) in [6.07, 6.45) is 5.02. The van der Waals surface area contributed by atoms with Crippen molar-refractivity contribution >= 4 is 17.1 Å². The SMILES string of the molecule is CCC(CCc1ccc(CCC(=O)C(C)(C)C)c(C)c1)c1cc(C)cs1. The van der Waals surface area contributed by atoms with Crippen molar-refractivity contribution in [1.82, 2.24) is 0 Å². The second kappa shape index (κ2) is 8.99. The van der Waals surface area contributed by atoms with Gasteiger partial charge in [0, 0.05) is 16.7 Å². The largest absolute Gasteiger partial charge is 0.299 e. The molecule has 0 aliphatic heterocycles. The fourth-order valence-electron chi connectivity index (χ4n) is 3.37. The van der Waals surface area contributed by atoms with Gasteiger partial charge in [-0.1, -0.05) is 45.9 Å². The average Bonchev–Trinajstić information content (AvgIpc) is 2.99. The van der Waals surface area contributed by atoms with Crippen LogP contribution in [0.4, 0.5) is 0 Å². The highest BCUT2D eigenvalue weighted by atomic mass is 32.1. The van der Waals surface area contributed by atoms with E-state index < -0.39 is 0 Å². The Morgan fingerprint density at radius 2 is 1.85 bits per heavy atom. The molecule has 1 unspecified atom stereocenters. The summed E-state index contributed by atoms with van der Waals surface area (Å²) in [5.74, 6) is 1.01. The molecule has 0 aliphatic rings. The summed E-state index contributed by atoms with van der Waals surface area (Å²) in [7, 11) is 0. The minimum Gasteiger partial charge on any atom is -0.299 e. The predicted molar refractivity (Wildman–Crippen MR) is 114 cm³/mol. The number of hydrogen-bond acceptors (Lipinski definition) is 2. The van der Waals surface area contributed by atoms with Crippen LogP contribution in [0, 0.1) is 19.3 Å².